The summed E-state index contributed by atoms with van der Waals surface area (Å²) in [4.78, 5) is 16.9. The van der Waals surface area contributed by atoms with Crippen molar-refractivity contribution in [3.8, 4) is 11.4 Å². The third-order valence-electron chi connectivity index (χ3n) is 4.49. The van der Waals surface area contributed by atoms with E-state index in [9.17, 15) is 4.79 Å². The van der Waals surface area contributed by atoms with E-state index in [4.69, 9.17) is 5.73 Å². The molecule has 0 radical (unpaired) electrons. The first-order valence-electron chi connectivity index (χ1n) is 9.39. The highest BCUT2D eigenvalue weighted by Gasteiger charge is 2.15. The largest absolute Gasteiger partial charge is 0.331 e. The Balaban J connectivity index is 0.00000210. The van der Waals surface area contributed by atoms with Crippen LogP contribution < -0.4 is 11.1 Å². The van der Waals surface area contributed by atoms with E-state index in [1.54, 1.807) is 0 Å². The first-order chi connectivity index (χ1) is 13.2. The van der Waals surface area contributed by atoms with Crippen LogP contribution in [-0.2, 0) is 17.8 Å². The van der Waals surface area contributed by atoms with Crippen LogP contribution in [-0.4, -0.2) is 21.5 Å². The van der Waals surface area contributed by atoms with Crippen molar-refractivity contribution in [2.24, 2.45) is 5.73 Å². The molecule has 3 N–H and O–H groups in total. The van der Waals surface area contributed by atoms with Gasteiger partial charge >= 0.3 is 0 Å². The lowest BCUT2D eigenvalue weighted by atomic mass is 10.1. The summed E-state index contributed by atoms with van der Waals surface area (Å²) < 4.78 is 2.14. The molecule has 1 atom stereocenters. The molecule has 1 heterocycles. The van der Waals surface area contributed by atoms with Gasteiger partial charge in [-0.25, -0.2) is 4.98 Å². The van der Waals surface area contributed by atoms with Crippen molar-refractivity contribution in [3.05, 3.63) is 72.6 Å². The second-order valence-electron chi connectivity index (χ2n) is 6.66. The highest BCUT2D eigenvalue weighted by Crippen LogP contribution is 2.22. The Morgan fingerprint density at radius 1 is 1.14 bits per heavy atom. The van der Waals surface area contributed by atoms with Crippen LogP contribution >= 0.6 is 24.8 Å². The highest BCUT2D eigenvalue weighted by molar-refractivity contribution is 5.95. The first-order valence-corrected chi connectivity index (χ1v) is 9.39. The van der Waals surface area contributed by atoms with Crippen LogP contribution in [0.3, 0.4) is 0 Å². The smallest absolute Gasteiger partial charge is 0.241 e. The standard InChI is InChI=1S/C22H26N4O.2ClH/c1-2-3-13-26-14-12-24-21(26)18-10-7-11-19(16-18)25-22(27)20(23)15-17-8-5-4-6-9-17;;/h4-12,14,16,20H,2-3,13,15,23H2,1H3,(H,25,27);2*1H. The first kappa shape index (κ1) is 24.7. The van der Waals surface area contributed by atoms with Gasteiger partial charge in [-0.1, -0.05) is 55.8 Å². The van der Waals surface area contributed by atoms with Gasteiger partial charge in [-0.3, -0.25) is 4.79 Å². The highest BCUT2D eigenvalue weighted by atomic mass is 35.5. The van der Waals surface area contributed by atoms with Gasteiger partial charge in [0.05, 0.1) is 6.04 Å². The number of carbonyl (C=O) groups is 1. The quantitative estimate of drug-likeness (QED) is 0.539. The molecule has 0 saturated carbocycles. The van der Waals surface area contributed by atoms with E-state index in [1.165, 1.54) is 0 Å². The Bertz CT molecular complexity index is 883. The second-order valence-corrected chi connectivity index (χ2v) is 6.66. The molecule has 5 nitrogen and oxygen atoms in total. The van der Waals surface area contributed by atoms with E-state index in [-0.39, 0.29) is 30.7 Å². The monoisotopic (exact) mass is 434 g/mol. The normalized spacial score (nSPS) is 11.1. The minimum absolute atomic E-state index is 0. The summed E-state index contributed by atoms with van der Waals surface area (Å²) in [6.45, 7) is 3.11. The Labute approximate surface area is 184 Å². The predicted molar refractivity (Wildman–Crippen MR) is 124 cm³/mol. The fourth-order valence-electron chi connectivity index (χ4n) is 3.01. The molecule has 3 aromatic rings. The van der Waals surface area contributed by atoms with Crippen LogP contribution in [0.2, 0.25) is 0 Å². The second kappa shape index (κ2) is 12.3. The lowest BCUT2D eigenvalue weighted by molar-refractivity contribution is -0.117. The number of hydrogen-bond donors (Lipinski definition) is 2. The third-order valence-corrected chi connectivity index (χ3v) is 4.49. The van der Waals surface area contributed by atoms with Crippen LogP contribution in [0.25, 0.3) is 11.4 Å². The number of rotatable bonds is 8. The number of imidazole rings is 1. The molecule has 2 aromatic carbocycles. The molecule has 0 aliphatic rings. The molecule has 3 rings (SSSR count). The third kappa shape index (κ3) is 6.89. The summed E-state index contributed by atoms with van der Waals surface area (Å²) in [7, 11) is 0. The van der Waals surface area contributed by atoms with Crippen LogP contribution in [0.1, 0.15) is 25.3 Å². The minimum Gasteiger partial charge on any atom is -0.331 e. The number of unbranched alkanes of at least 4 members (excludes halogenated alkanes) is 1. The van der Waals surface area contributed by atoms with Crippen molar-refractivity contribution >= 4 is 36.4 Å². The Morgan fingerprint density at radius 2 is 1.90 bits per heavy atom. The predicted octanol–water partition coefficient (Wildman–Crippen LogP) is 4.70. The molecule has 156 valence electrons. The zero-order valence-electron chi connectivity index (χ0n) is 16.5. The number of hydrogen-bond acceptors (Lipinski definition) is 3. The molecule has 1 amide bonds. The number of nitrogens with zero attached hydrogens (tertiary/aromatic N) is 2. The van der Waals surface area contributed by atoms with Crippen molar-refractivity contribution < 1.29 is 4.79 Å². The lowest BCUT2D eigenvalue weighted by Crippen LogP contribution is -2.37. The Morgan fingerprint density at radius 3 is 2.62 bits per heavy atom. The Hall–Kier alpha value is -2.34. The summed E-state index contributed by atoms with van der Waals surface area (Å²) in [6, 6.07) is 16.9. The van der Waals surface area contributed by atoms with Crippen molar-refractivity contribution in [1.82, 2.24) is 9.55 Å². The molecule has 0 bridgehead atoms. The SMILES string of the molecule is CCCCn1ccnc1-c1cccc(NC(=O)C(N)Cc2ccccc2)c1.Cl.Cl. The maximum absolute atomic E-state index is 12.5. The number of aryl methyl sites for hydroxylation is 1. The summed E-state index contributed by atoms with van der Waals surface area (Å²) >= 11 is 0. The maximum Gasteiger partial charge on any atom is 0.241 e. The molecule has 0 aliphatic carbocycles. The van der Waals surface area contributed by atoms with Gasteiger partial charge < -0.3 is 15.6 Å². The number of halogens is 2. The number of anilines is 1. The Kier molecular flexibility index (Phi) is 10.5. The van der Waals surface area contributed by atoms with Crippen molar-refractivity contribution in [1.29, 1.82) is 0 Å². The zero-order chi connectivity index (χ0) is 19.1. The van der Waals surface area contributed by atoms with Crippen LogP contribution in [0.4, 0.5) is 5.69 Å². The molecular formula is C22H28Cl2N4O. The number of amides is 1. The van der Waals surface area contributed by atoms with Crippen molar-refractivity contribution in [3.63, 3.8) is 0 Å². The van der Waals surface area contributed by atoms with Crippen LogP contribution in [0.5, 0.6) is 0 Å². The van der Waals surface area contributed by atoms with E-state index in [1.807, 2.05) is 67.0 Å². The van der Waals surface area contributed by atoms with Crippen LogP contribution in [0.15, 0.2) is 67.0 Å². The molecule has 0 fully saturated rings. The number of benzene rings is 2. The molecular weight excluding hydrogens is 407 g/mol. The summed E-state index contributed by atoms with van der Waals surface area (Å²) in [5.74, 6) is 0.721. The van der Waals surface area contributed by atoms with Gasteiger partial charge in [0.2, 0.25) is 5.91 Å². The van der Waals surface area contributed by atoms with Gasteiger partial charge in [-0.2, -0.15) is 0 Å². The van der Waals surface area contributed by atoms with Gasteiger partial charge in [-0.15, -0.1) is 24.8 Å². The average molecular weight is 435 g/mol. The maximum atomic E-state index is 12.5. The number of carbonyl (C=O) groups excluding carboxylic acids is 1. The van der Waals surface area contributed by atoms with Crippen molar-refractivity contribution in [2.45, 2.75) is 38.8 Å². The van der Waals surface area contributed by atoms with Gasteiger partial charge in [0.15, 0.2) is 0 Å². The molecule has 29 heavy (non-hydrogen) atoms. The fourth-order valence-corrected chi connectivity index (χ4v) is 3.01. The molecule has 1 unspecified atom stereocenters. The summed E-state index contributed by atoms with van der Waals surface area (Å²) in [5.41, 5.74) is 8.83. The van der Waals surface area contributed by atoms with Crippen LogP contribution in [0, 0.1) is 0 Å². The van der Waals surface area contributed by atoms with E-state index in [2.05, 4.69) is 21.8 Å². The molecule has 7 heteroatoms. The van der Waals surface area contributed by atoms with E-state index < -0.39 is 6.04 Å². The minimum atomic E-state index is -0.595. The molecule has 0 saturated heterocycles. The molecule has 1 aromatic heterocycles. The topological polar surface area (TPSA) is 72.9 Å². The fraction of sp³-hybridized carbons (Fsp3) is 0.273. The molecule has 0 spiro atoms. The lowest BCUT2D eigenvalue weighted by Gasteiger charge is -2.13. The van der Waals surface area contributed by atoms with Gasteiger partial charge in [0.1, 0.15) is 5.82 Å². The van der Waals surface area contributed by atoms with Crippen molar-refractivity contribution in [2.75, 3.05) is 5.32 Å². The average Bonchev–Trinajstić information content (AvgIpc) is 3.16. The van der Waals surface area contributed by atoms with Gasteiger partial charge in [0, 0.05) is 30.2 Å². The number of nitrogens with two attached hydrogens (primary N) is 1. The number of aromatic nitrogens is 2. The van der Waals surface area contributed by atoms with E-state index in [0.29, 0.717) is 6.42 Å². The van der Waals surface area contributed by atoms with Gasteiger partial charge in [-0.05, 0) is 30.5 Å². The summed E-state index contributed by atoms with van der Waals surface area (Å²) in [6.07, 6.45) is 6.55. The zero-order valence-corrected chi connectivity index (χ0v) is 18.1. The van der Waals surface area contributed by atoms with E-state index in [0.717, 1.165) is 42.0 Å². The molecule has 0 aliphatic heterocycles. The van der Waals surface area contributed by atoms with Gasteiger partial charge in [0.25, 0.3) is 0 Å². The summed E-state index contributed by atoms with van der Waals surface area (Å²) in [5, 5.41) is 2.93. The van der Waals surface area contributed by atoms with E-state index >= 15 is 0 Å². The number of nitrogens with one attached hydrogen (secondary N) is 1.